The van der Waals surface area contributed by atoms with Crippen LogP contribution in [0, 0.1) is 32.2 Å². The Morgan fingerprint density at radius 1 is 1.20 bits per heavy atom. The van der Waals surface area contributed by atoms with Gasteiger partial charge in [0.1, 0.15) is 25.5 Å². The average Bonchev–Trinajstić information content (AvgIpc) is 2.56. The third kappa shape index (κ3) is 5.45. The SMILES string of the molecule is Cc1c(C)c(S(=O)(=O)N[C@@H](CC#C[Si](C)(C)C)C(=O)O)c(C)c2c1OC(C)(C)CC2. The molecule has 0 saturated carbocycles. The summed E-state index contributed by atoms with van der Waals surface area (Å²) in [7, 11) is -5.74. The molecule has 1 heterocycles. The van der Waals surface area contributed by atoms with Gasteiger partial charge >= 0.3 is 5.97 Å². The van der Waals surface area contributed by atoms with E-state index in [2.05, 4.69) is 16.2 Å². The fourth-order valence-corrected chi connectivity index (χ4v) is 5.99. The Morgan fingerprint density at radius 2 is 1.80 bits per heavy atom. The predicted octanol–water partition coefficient (Wildman–Crippen LogP) is 3.72. The topological polar surface area (TPSA) is 92.7 Å². The number of benzene rings is 1. The van der Waals surface area contributed by atoms with Crippen molar-refractivity contribution in [1.29, 1.82) is 0 Å². The first kappa shape index (κ1) is 24.4. The van der Waals surface area contributed by atoms with Gasteiger partial charge in [-0.15, -0.1) is 11.5 Å². The van der Waals surface area contributed by atoms with Gasteiger partial charge < -0.3 is 9.84 Å². The Bertz CT molecular complexity index is 1030. The molecule has 0 unspecified atom stereocenters. The number of sulfonamides is 1. The summed E-state index contributed by atoms with van der Waals surface area (Å²) < 4.78 is 35.1. The first-order chi connectivity index (χ1) is 13.6. The van der Waals surface area contributed by atoms with Gasteiger partial charge in [0.25, 0.3) is 0 Å². The zero-order valence-electron chi connectivity index (χ0n) is 19.2. The fraction of sp³-hybridized carbons (Fsp3) is 0.591. The number of carboxylic acid groups (broad SMARTS) is 1. The summed E-state index contributed by atoms with van der Waals surface area (Å²) in [5.74, 6) is 2.37. The molecule has 1 aliphatic rings. The molecule has 0 spiro atoms. The van der Waals surface area contributed by atoms with Gasteiger partial charge in [-0.05, 0) is 69.7 Å². The molecule has 0 saturated heterocycles. The van der Waals surface area contributed by atoms with Crippen LogP contribution in [0.1, 0.15) is 48.9 Å². The minimum atomic E-state index is -4.06. The molecule has 0 aliphatic carbocycles. The molecule has 166 valence electrons. The van der Waals surface area contributed by atoms with Crippen LogP contribution in [0.4, 0.5) is 0 Å². The Balaban J connectivity index is 2.48. The van der Waals surface area contributed by atoms with Crippen molar-refractivity contribution in [2.75, 3.05) is 0 Å². The van der Waals surface area contributed by atoms with Crippen molar-refractivity contribution in [3.8, 4) is 17.2 Å². The zero-order chi connectivity index (χ0) is 23.1. The van der Waals surface area contributed by atoms with Gasteiger partial charge in [0.2, 0.25) is 10.0 Å². The lowest BCUT2D eigenvalue weighted by Crippen LogP contribution is -2.41. The normalized spacial score (nSPS) is 16.7. The maximum Gasteiger partial charge on any atom is 0.322 e. The van der Waals surface area contributed by atoms with Crippen molar-refractivity contribution >= 4 is 24.1 Å². The fourth-order valence-electron chi connectivity index (χ4n) is 3.59. The Labute approximate surface area is 181 Å². The van der Waals surface area contributed by atoms with Crippen LogP contribution >= 0.6 is 0 Å². The van der Waals surface area contributed by atoms with Crippen molar-refractivity contribution in [1.82, 2.24) is 4.72 Å². The lowest BCUT2D eigenvalue weighted by atomic mass is 9.88. The summed E-state index contributed by atoms with van der Waals surface area (Å²) in [5, 5.41) is 9.55. The van der Waals surface area contributed by atoms with E-state index in [4.69, 9.17) is 4.74 Å². The highest BCUT2D eigenvalue weighted by atomic mass is 32.2. The number of carboxylic acids is 1. The van der Waals surface area contributed by atoms with Gasteiger partial charge in [0, 0.05) is 6.42 Å². The molecular weight excluding hydrogens is 418 g/mol. The third-order valence-corrected chi connectivity index (χ3v) is 7.97. The number of carbonyl (C=O) groups is 1. The maximum absolute atomic E-state index is 13.3. The van der Waals surface area contributed by atoms with Crippen molar-refractivity contribution in [3.63, 3.8) is 0 Å². The summed E-state index contributed by atoms with van der Waals surface area (Å²) in [5.41, 5.74) is 5.63. The van der Waals surface area contributed by atoms with E-state index < -0.39 is 30.1 Å². The molecule has 1 aliphatic heterocycles. The highest BCUT2D eigenvalue weighted by Gasteiger charge is 2.34. The second kappa shape index (κ2) is 8.37. The van der Waals surface area contributed by atoms with E-state index in [1.807, 2.05) is 40.4 Å². The summed E-state index contributed by atoms with van der Waals surface area (Å²) in [6, 6.07) is -1.30. The highest BCUT2D eigenvalue weighted by molar-refractivity contribution is 7.89. The quantitative estimate of drug-likeness (QED) is 0.526. The van der Waals surface area contributed by atoms with Crippen molar-refractivity contribution in [3.05, 3.63) is 22.3 Å². The minimum absolute atomic E-state index is 0.0713. The number of nitrogens with one attached hydrogen (secondary N) is 1. The molecule has 0 amide bonds. The summed E-state index contributed by atoms with van der Waals surface area (Å²) in [6.45, 7) is 15.5. The second-order valence-electron chi connectivity index (χ2n) is 9.64. The van der Waals surface area contributed by atoms with Crippen molar-refractivity contribution < 1.29 is 23.1 Å². The van der Waals surface area contributed by atoms with Crippen molar-refractivity contribution in [2.24, 2.45) is 0 Å². The number of fused-ring (bicyclic) bond motifs is 1. The van der Waals surface area contributed by atoms with Gasteiger partial charge in [-0.25, -0.2) is 8.42 Å². The Morgan fingerprint density at radius 3 is 2.33 bits per heavy atom. The van der Waals surface area contributed by atoms with Crippen LogP contribution in [-0.2, 0) is 21.2 Å². The monoisotopic (exact) mass is 451 g/mol. The van der Waals surface area contributed by atoms with E-state index >= 15 is 0 Å². The number of hydrogen-bond donors (Lipinski definition) is 2. The van der Waals surface area contributed by atoms with Crippen LogP contribution in [0.15, 0.2) is 4.90 Å². The molecular formula is C22H33NO5SSi. The van der Waals surface area contributed by atoms with Gasteiger partial charge in [0.05, 0.1) is 4.90 Å². The molecule has 2 N–H and O–H groups in total. The lowest BCUT2D eigenvalue weighted by molar-refractivity contribution is -0.138. The standard InChI is InChI=1S/C22H33NO5SSi/c1-14-15(2)20(16(3)17-11-12-22(4,5)28-19(14)17)29(26,27)23-18(21(24)25)10-9-13-30(6,7)8/h18,23H,10-12H2,1-8H3,(H,24,25)/t18-/m0/s1. The average molecular weight is 452 g/mol. The van der Waals surface area contributed by atoms with Crippen LogP contribution in [0.3, 0.4) is 0 Å². The minimum Gasteiger partial charge on any atom is -0.487 e. The van der Waals surface area contributed by atoms with Gasteiger partial charge in [-0.1, -0.05) is 19.6 Å². The number of hydrogen-bond acceptors (Lipinski definition) is 4. The summed E-state index contributed by atoms with van der Waals surface area (Å²) in [4.78, 5) is 11.8. The summed E-state index contributed by atoms with van der Waals surface area (Å²) >= 11 is 0. The molecule has 1 aromatic rings. The van der Waals surface area contributed by atoms with Crippen molar-refractivity contribution in [2.45, 2.75) is 90.1 Å². The molecule has 0 fully saturated rings. The lowest BCUT2D eigenvalue weighted by Gasteiger charge is -2.35. The molecule has 0 aromatic heterocycles. The van der Waals surface area contributed by atoms with Crippen LogP contribution in [0.2, 0.25) is 19.6 Å². The number of rotatable bonds is 5. The molecule has 2 rings (SSSR count). The summed E-state index contributed by atoms with van der Waals surface area (Å²) in [6.07, 6.45) is 1.42. The van der Waals surface area contributed by atoms with E-state index in [1.54, 1.807) is 13.8 Å². The van der Waals surface area contributed by atoms with E-state index in [0.717, 1.165) is 23.3 Å². The van der Waals surface area contributed by atoms with Gasteiger partial charge in [0.15, 0.2) is 0 Å². The zero-order valence-corrected chi connectivity index (χ0v) is 21.0. The number of aliphatic carboxylic acids is 1. The molecule has 1 atom stereocenters. The molecule has 8 heteroatoms. The first-order valence-electron chi connectivity index (χ1n) is 10.1. The molecule has 1 aromatic carbocycles. The molecule has 0 radical (unpaired) electrons. The largest absolute Gasteiger partial charge is 0.487 e. The smallest absolute Gasteiger partial charge is 0.322 e. The molecule has 30 heavy (non-hydrogen) atoms. The van der Waals surface area contributed by atoms with Crippen LogP contribution in [0.5, 0.6) is 5.75 Å². The van der Waals surface area contributed by atoms with Crippen LogP contribution in [-0.4, -0.2) is 39.2 Å². The third-order valence-electron chi connectivity index (χ3n) is 5.30. The number of ether oxygens (including phenoxy) is 1. The van der Waals surface area contributed by atoms with Crippen LogP contribution < -0.4 is 9.46 Å². The van der Waals surface area contributed by atoms with E-state index in [9.17, 15) is 18.3 Å². The Hall–Kier alpha value is -1.82. The first-order valence-corrected chi connectivity index (χ1v) is 15.1. The van der Waals surface area contributed by atoms with E-state index in [0.29, 0.717) is 17.5 Å². The highest BCUT2D eigenvalue weighted by Crippen LogP contribution is 2.42. The maximum atomic E-state index is 13.3. The predicted molar refractivity (Wildman–Crippen MR) is 121 cm³/mol. The second-order valence-corrected chi connectivity index (χ2v) is 16.0. The molecule has 6 nitrogen and oxygen atoms in total. The molecule has 0 bridgehead atoms. The van der Waals surface area contributed by atoms with E-state index in [1.165, 1.54) is 0 Å². The van der Waals surface area contributed by atoms with Gasteiger partial charge in [-0.3, -0.25) is 4.79 Å². The Kier molecular flexibility index (Phi) is 6.82. The van der Waals surface area contributed by atoms with Crippen LogP contribution in [0.25, 0.3) is 0 Å². The van der Waals surface area contributed by atoms with E-state index in [-0.39, 0.29) is 16.9 Å². The van der Waals surface area contributed by atoms with Gasteiger partial charge in [-0.2, -0.15) is 4.72 Å².